The van der Waals surface area contributed by atoms with Crippen LogP contribution >= 0.6 is 7.82 Å². The van der Waals surface area contributed by atoms with Crippen molar-refractivity contribution in [2.24, 2.45) is 0 Å². The first-order valence-corrected chi connectivity index (χ1v) is 33.1. The Morgan fingerprint density at radius 3 is 1.24 bits per heavy atom. The minimum Gasteiger partial charge on any atom is -0.756 e. The van der Waals surface area contributed by atoms with Gasteiger partial charge in [0, 0.05) is 12.8 Å². The highest BCUT2D eigenvalue weighted by Crippen LogP contribution is 2.38. The number of carbonyl (C=O) groups excluding carboxylic acids is 2. The molecule has 3 unspecified atom stereocenters. The number of nitrogens with zero attached hydrogens (tertiary/aromatic N) is 1. The van der Waals surface area contributed by atoms with E-state index in [9.17, 15) is 19.0 Å². The van der Waals surface area contributed by atoms with E-state index in [-0.39, 0.29) is 24.9 Å². The largest absolute Gasteiger partial charge is 0.756 e. The van der Waals surface area contributed by atoms with E-state index < -0.39 is 26.6 Å². The normalized spacial score (nSPS) is 14.1. The van der Waals surface area contributed by atoms with Crippen LogP contribution in [-0.2, 0) is 27.9 Å². The van der Waals surface area contributed by atoms with E-state index in [0.717, 1.165) is 89.9 Å². The van der Waals surface area contributed by atoms with E-state index in [1.807, 2.05) is 33.3 Å². The van der Waals surface area contributed by atoms with Gasteiger partial charge in [-0.25, -0.2) is 0 Å². The zero-order chi connectivity index (χ0) is 55.0. The zero-order valence-electron chi connectivity index (χ0n) is 50.0. The van der Waals surface area contributed by atoms with Gasteiger partial charge in [-0.3, -0.25) is 14.2 Å². The van der Waals surface area contributed by atoms with Crippen molar-refractivity contribution in [2.75, 3.05) is 40.9 Å². The van der Waals surface area contributed by atoms with Crippen molar-refractivity contribution in [1.82, 2.24) is 5.32 Å². The summed E-state index contributed by atoms with van der Waals surface area (Å²) >= 11 is 0. The first kappa shape index (κ1) is 72.7. The fraction of sp³-hybridized carbons (Fsp3) is 0.815. The van der Waals surface area contributed by atoms with Crippen LogP contribution < -0.4 is 10.2 Å². The fourth-order valence-corrected chi connectivity index (χ4v) is 9.76. The number of unbranched alkanes of at least 4 members (excludes halogenated alkanes) is 33. The van der Waals surface area contributed by atoms with E-state index in [0.29, 0.717) is 23.9 Å². The van der Waals surface area contributed by atoms with E-state index >= 15 is 0 Å². The lowest BCUT2D eigenvalue weighted by molar-refractivity contribution is -0.870. The number of allylic oxidation sites excluding steroid dienone is 9. The van der Waals surface area contributed by atoms with Crippen molar-refractivity contribution < 1.29 is 37.3 Å². The van der Waals surface area contributed by atoms with Crippen LogP contribution in [0, 0.1) is 0 Å². The van der Waals surface area contributed by atoms with Crippen molar-refractivity contribution in [3.8, 4) is 0 Å². The third kappa shape index (κ3) is 56.2. The Bertz CT molecular complexity index is 1470. The molecule has 0 bridgehead atoms. The monoisotopic (exact) mass is 1070 g/mol. The van der Waals surface area contributed by atoms with Gasteiger partial charge in [0.2, 0.25) is 5.91 Å². The molecule has 0 saturated heterocycles. The lowest BCUT2D eigenvalue weighted by atomic mass is 10.0. The van der Waals surface area contributed by atoms with E-state index in [1.54, 1.807) is 0 Å². The van der Waals surface area contributed by atoms with Gasteiger partial charge in [-0.1, -0.05) is 262 Å². The Balaban J connectivity index is 5.27. The molecule has 1 N–H and O–H groups in total. The van der Waals surface area contributed by atoms with Crippen LogP contribution in [0.2, 0.25) is 0 Å². The van der Waals surface area contributed by atoms with Gasteiger partial charge >= 0.3 is 5.97 Å². The number of hydrogen-bond acceptors (Lipinski definition) is 7. The molecule has 1 amide bonds. The standard InChI is InChI=1S/C65H121N2O7P/c1-7-10-13-16-19-22-25-28-30-32-33-34-35-36-38-40-43-46-49-52-55-58-65(69)74-63(56-53-50-47-44-41-27-24-21-18-15-12-9-3)62(61-73-75(70,71)72-60-59-67(4,5)6)66-64(68)57-54-51-48-45-42-39-37-31-29-26-23-20-17-14-11-8-2/h19,22,28,30,33-34,36,38,53,56,62-63H,7-18,20-21,23-27,29,31-32,35,37,39-52,54-55,57-61H2,1-6H3,(H-,66,68,70,71)/b22-19-,30-28-,34-33-,38-36-,56-53+. The number of phosphoric acid groups is 1. The summed E-state index contributed by atoms with van der Waals surface area (Å²) in [6.07, 6.45) is 68.9. The molecule has 438 valence electrons. The molecule has 0 aliphatic rings. The van der Waals surface area contributed by atoms with Gasteiger partial charge < -0.3 is 28.5 Å². The second-order valence-electron chi connectivity index (χ2n) is 22.6. The van der Waals surface area contributed by atoms with Crippen molar-refractivity contribution in [3.05, 3.63) is 60.8 Å². The minimum absolute atomic E-state index is 0.0255. The molecule has 9 nitrogen and oxygen atoms in total. The molecule has 0 fully saturated rings. The molecule has 0 aliphatic heterocycles. The number of amides is 1. The second-order valence-corrected chi connectivity index (χ2v) is 24.0. The SMILES string of the molecule is CCCCC/C=C\C/C=C\C/C=C\C/C=C\CCCCCCCC(=O)OC(/C=C/CCCCCCCCCCCC)C(COP(=O)([O-])OCC[N+](C)(C)C)NC(=O)CCCCCCCCCCCCCCCCCC. The van der Waals surface area contributed by atoms with E-state index in [2.05, 4.69) is 74.7 Å². The van der Waals surface area contributed by atoms with Crippen LogP contribution in [0.5, 0.6) is 0 Å². The van der Waals surface area contributed by atoms with Crippen LogP contribution in [-0.4, -0.2) is 69.4 Å². The van der Waals surface area contributed by atoms with Gasteiger partial charge in [0.25, 0.3) is 7.82 Å². The number of likely N-dealkylation sites (N-methyl/N-ethyl adjacent to an activating group) is 1. The van der Waals surface area contributed by atoms with E-state index in [4.69, 9.17) is 13.8 Å². The van der Waals surface area contributed by atoms with Crippen LogP contribution in [0.15, 0.2) is 60.8 Å². The maximum absolute atomic E-state index is 13.5. The predicted octanol–water partition coefficient (Wildman–Crippen LogP) is 18.8. The summed E-state index contributed by atoms with van der Waals surface area (Å²) in [5, 5.41) is 3.03. The highest BCUT2D eigenvalue weighted by atomic mass is 31.2. The highest BCUT2D eigenvalue weighted by Gasteiger charge is 2.27. The van der Waals surface area contributed by atoms with Gasteiger partial charge in [0.15, 0.2) is 0 Å². The number of quaternary nitrogens is 1. The smallest absolute Gasteiger partial charge is 0.306 e. The van der Waals surface area contributed by atoms with Gasteiger partial charge in [0.05, 0.1) is 33.8 Å². The third-order valence-corrected chi connectivity index (χ3v) is 14.9. The number of esters is 1. The van der Waals surface area contributed by atoms with Crippen molar-refractivity contribution in [1.29, 1.82) is 0 Å². The molecule has 10 heteroatoms. The minimum atomic E-state index is -4.70. The summed E-state index contributed by atoms with van der Waals surface area (Å²) in [7, 11) is 1.18. The number of nitrogens with one attached hydrogen (secondary N) is 1. The molecule has 0 saturated carbocycles. The molecular formula is C65H121N2O7P. The van der Waals surface area contributed by atoms with Crippen LogP contribution in [0.3, 0.4) is 0 Å². The summed E-state index contributed by atoms with van der Waals surface area (Å²) in [6.45, 7) is 6.82. The fourth-order valence-electron chi connectivity index (χ4n) is 9.04. The second kappa shape index (κ2) is 55.0. The Morgan fingerprint density at radius 1 is 0.467 bits per heavy atom. The molecule has 0 aliphatic carbocycles. The highest BCUT2D eigenvalue weighted by molar-refractivity contribution is 7.45. The van der Waals surface area contributed by atoms with Gasteiger partial charge in [-0.15, -0.1) is 0 Å². The average molecular weight is 1070 g/mol. The molecule has 0 aromatic heterocycles. The number of rotatable bonds is 57. The number of hydrogen-bond donors (Lipinski definition) is 1. The Kier molecular flexibility index (Phi) is 53.4. The maximum Gasteiger partial charge on any atom is 0.306 e. The molecule has 3 atom stereocenters. The molecule has 0 heterocycles. The van der Waals surface area contributed by atoms with E-state index in [1.165, 1.54) is 161 Å². The topological polar surface area (TPSA) is 114 Å². The van der Waals surface area contributed by atoms with Crippen LogP contribution in [0.4, 0.5) is 0 Å². The molecular weight excluding hydrogens is 952 g/mol. The lowest BCUT2D eigenvalue weighted by Crippen LogP contribution is -2.47. The van der Waals surface area contributed by atoms with Gasteiger partial charge in [-0.05, 0) is 76.7 Å². The van der Waals surface area contributed by atoms with Gasteiger partial charge in [0.1, 0.15) is 19.3 Å². The molecule has 0 radical (unpaired) electrons. The summed E-state index contributed by atoms with van der Waals surface area (Å²) in [4.78, 5) is 40.0. The summed E-state index contributed by atoms with van der Waals surface area (Å²) in [5.41, 5.74) is 0. The number of carbonyl (C=O) groups is 2. The van der Waals surface area contributed by atoms with Crippen LogP contribution in [0.25, 0.3) is 0 Å². The molecule has 0 rings (SSSR count). The van der Waals surface area contributed by atoms with Crippen molar-refractivity contribution in [2.45, 2.75) is 303 Å². The van der Waals surface area contributed by atoms with Crippen LogP contribution in [0.1, 0.15) is 290 Å². The summed E-state index contributed by atoms with van der Waals surface area (Å²) in [5.74, 6) is -0.554. The predicted molar refractivity (Wildman–Crippen MR) is 321 cm³/mol. The molecule has 0 aromatic carbocycles. The van der Waals surface area contributed by atoms with Gasteiger partial charge in [-0.2, -0.15) is 0 Å². The number of ether oxygens (including phenoxy) is 1. The molecule has 0 spiro atoms. The molecule has 75 heavy (non-hydrogen) atoms. The maximum atomic E-state index is 13.5. The Morgan fingerprint density at radius 2 is 0.813 bits per heavy atom. The lowest BCUT2D eigenvalue weighted by Gasteiger charge is -2.30. The summed E-state index contributed by atoms with van der Waals surface area (Å²) in [6, 6.07) is -0.895. The van der Waals surface area contributed by atoms with Crippen molar-refractivity contribution >= 4 is 19.7 Å². The quantitative estimate of drug-likeness (QED) is 0.0212. The summed E-state index contributed by atoms with van der Waals surface area (Å²) < 4.78 is 30.3. The third-order valence-electron chi connectivity index (χ3n) is 14.0. The zero-order valence-corrected chi connectivity index (χ0v) is 50.9. The number of phosphoric ester groups is 1. The van der Waals surface area contributed by atoms with Crippen molar-refractivity contribution in [3.63, 3.8) is 0 Å². The first-order chi connectivity index (χ1) is 36.4. The average Bonchev–Trinajstić information content (AvgIpc) is 3.37. The Labute approximate surface area is 464 Å². The Hall–Kier alpha value is -2.29. The molecule has 0 aromatic rings. The first-order valence-electron chi connectivity index (χ1n) is 31.6.